The van der Waals surface area contributed by atoms with Crippen LogP contribution in [0, 0.1) is 0 Å². The Hall–Kier alpha value is -5.04. The summed E-state index contributed by atoms with van der Waals surface area (Å²) in [5, 5.41) is 10.7. The molecule has 1 aliphatic heterocycles. The Kier molecular flexibility index (Phi) is 13.6. The van der Waals surface area contributed by atoms with Gasteiger partial charge in [-0.1, -0.05) is 72.8 Å². The van der Waals surface area contributed by atoms with E-state index in [2.05, 4.69) is 0 Å². The van der Waals surface area contributed by atoms with E-state index < -0.39 is 32.6 Å². The number of methoxy groups -OCH3 is 4. The number of rotatable bonds is 20. The highest BCUT2D eigenvalue weighted by atomic mass is 31.2. The van der Waals surface area contributed by atoms with Gasteiger partial charge < -0.3 is 38.3 Å². The third-order valence-corrected chi connectivity index (χ3v) is 9.38. The van der Waals surface area contributed by atoms with Crippen LogP contribution in [0.15, 0.2) is 109 Å². The molecule has 2 unspecified atom stereocenters. The van der Waals surface area contributed by atoms with Crippen LogP contribution in [-0.2, 0) is 63.6 Å². The van der Waals surface area contributed by atoms with Crippen LogP contribution in [0.1, 0.15) is 22.3 Å². The van der Waals surface area contributed by atoms with Crippen molar-refractivity contribution >= 4 is 13.8 Å². The predicted octanol–water partition coefficient (Wildman–Crippen LogP) is 6.51. The molecule has 276 valence electrons. The summed E-state index contributed by atoms with van der Waals surface area (Å²) in [6.07, 6.45) is -2.94. The molecule has 52 heavy (non-hydrogen) atoms. The first-order valence-electron chi connectivity index (χ1n) is 16.2. The first-order chi connectivity index (χ1) is 25.3. The molecule has 0 saturated heterocycles. The van der Waals surface area contributed by atoms with Gasteiger partial charge in [0.1, 0.15) is 42.3 Å². The van der Waals surface area contributed by atoms with Gasteiger partial charge in [0.05, 0.1) is 48.3 Å². The average Bonchev–Trinajstić information content (AvgIpc) is 3.51. The van der Waals surface area contributed by atoms with E-state index in [0.29, 0.717) is 45.3 Å². The molecule has 2 atom stereocenters. The SMILES string of the molecule is COc1ccccc1COC1=C(OCc2ccccc2OC)C(C(CO)OP(=O)(OCc2ccccc2OC)OCc2ccccc2OC)OC1=O. The van der Waals surface area contributed by atoms with Crippen LogP contribution in [0.2, 0.25) is 0 Å². The van der Waals surface area contributed by atoms with E-state index >= 15 is 0 Å². The Bertz CT molecular complexity index is 1820. The highest BCUT2D eigenvalue weighted by Gasteiger charge is 2.46. The zero-order chi connectivity index (χ0) is 36.9. The van der Waals surface area contributed by atoms with E-state index in [1.807, 2.05) is 0 Å². The number of ether oxygens (including phenoxy) is 7. The van der Waals surface area contributed by atoms with Crippen molar-refractivity contribution < 1.29 is 61.2 Å². The number of phosphoric ester groups is 1. The molecule has 0 spiro atoms. The summed E-state index contributed by atoms with van der Waals surface area (Å²) in [4.78, 5) is 13.4. The van der Waals surface area contributed by atoms with Crippen LogP contribution < -0.4 is 18.9 Å². The van der Waals surface area contributed by atoms with Crippen LogP contribution in [-0.4, -0.2) is 58.3 Å². The molecular formula is C38H41O13P. The van der Waals surface area contributed by atoms with Gasteiger partial charge in [-0.2, -0.15) is 0 Å². The minimum atomic E-state index is -4.58. The lowest BCUT2D eigenvalue weighted by Gasteiger charge is -2.27. The molecule has 0 aromatic heterocycles. The molecule has 13 nitrogen and oxygen atoms in total. The smallest absolute Gasteiger partial charge is 0.475 e. The molecule has 1 N–H and O–H groups in total. The second-order valence-electron chi connectivity index (χ2n) is 11.2. The van der Waals surface area contributed by atoms with E-state index in [1.54, 1.807) is 97.1 Å². The zero-order valence-electron chi connectivity index (χ0n) is 29.2. The van der Waals surface area contributed by atoms with Gasteiger partial charge in [0.2, 0.25) is 5.76 Å². The second-order valence-corrected chi connectivity index (χ2v) is 12.8. The maximum Gasteiger partial charge on any atom is 0.475 e. The number of hydrogen-bond donors (Lipinski definition) is 1. The molecule has 4 aromatic carbocycles. The number of benzene rings is 4. The number of phosphoric acid groups is 1. The van der Waals surface area contributed by atoms with Crippen LogP contribution in [0.3, 0.4) is 0 Å². The van der Waals surface area contributed by atoms with Crippen molar-refractivity contribution in [3.63, 3.8) is 0 Å². The van der Waals surface area contributed by atoms with E-state index in [4.69, 9.17) is 46.7 Å². The van der Waals surface area contributed by atoms with E-state index in [-0.39, 0.29) is 37.9 Å². The number of aliphatic hydroxyl groups excluding tert-OH is 1. The third-order valence-electron chi connectivity index (χ3n) is 7.97. The van der Waals surface area contributed by atoms with E-state index in [9.17, 15) is 14.5 Å². The molecule has 0 fully saturated rings. The van der Waals surface area contributed by atoms with E-state index in [0.717, 1.165) is 0 Å². The molecule has 5 rings (SSSR count). The normalized spacial score (nSPS) is 14.8. The Balaban J connectivity index is 1.46. The van der Waals surface area contributed by atoms with Gasteiger partial charge in [-0.25, -0.2) is 9.36 Å². The van der Waals surface area contributed by atoms with Crippen LogP contribution in [0.5, 0.6) is 23.0 Å². The molecule has 0 bridgehead atoms. The number of carbonyl (C=O) groups excluding carboxylic acids is 1. The maximum atomic E-state index is 14.5. The Morgan fingerprint density at radius 2 is 1.00 bits per heavy atom. The fourth-order valence-electron chi connectivity index (χ4n) is 5.31. The highest BCUT2D eigenvalue weighted by molar-refractivity contribution is 7.48. The minimum Gasteiger partial charge on any atom is -0.496 e. The standard InChI is InChI=1S/C38H41O13P/c1-42-30-17-9-5-13-26(30)22-46-36-35(50-38(40)37(36)47-23-27-14-6-10-18-31(27)43-2)34(21-39)51-52(41,48-24-28-15-7-11-19-32(28)44-3)49-25-29-16-8-12-20-33(29)45-4/h5-20,34-35,39H,21-25H2,1-4H3. The van der Waals surface area contributed by atoms with Crippen molar-refractivity contribution in [2.45, 2.75) is 38.6 Å². The molecule has 0 saturated carbocycles. The lowest BCUT2D eigenvalue weighted by atomic mass is 10.1. The van der Waals surface area contributed by atoms with Gasteiger partial charge in [0.25, 0.3) is 0 Å². The number of para-hydroxylation sites is 4. The Labute approximate surface area is 302 Å². The lowest BCUT2D eigenvalue weighted by molar-refractivity contribution is -0.148. The molecule has 14 heteroatoms. The van der Waals surface area contributed by atoms with Crippen LogP contribution in [0.25, 0.3) is 0 Å². The minimum absolute atomic E-state index is 0.0849. The molecule has 1 aliphatic rings. The van der Waals surface area contributed by atoms with Crippen molar-refractivity contribution in [2.75, 3.05) is 35.0 Å². The number of esters is 1. The number of hydrogen-bond acceptors (Lipinski definition) is 13. The first kappa shape index (κ1) is 38.2. The first-order valence-corrected chi connectivity index (χ1v) is 17.7. The van der Waals surface area contributed by atoms with Crippen molar-refractivity contribution in [1.82, 2.24) is 0 Å². The fraction of sp³-hybridized carbons (Fsp3) is 0.289. The lowest BCUT2D eigenvalue weighted by Crippen LogP contribution is -2.35. The summed E-state index contributed by atoms with van der Waals surface area (Å²) in [5.74, 6) is 0.771. The Morgan fingerprint density at radius 3 is 1.40 bits per heavy atom. The summed E-state index contributed by atoms with van der Waals surface area (Å²) in [6, 6.07) is 28.3. The second kappa shape index (κ2) is 18.5. The monoisotopic (exact) mass is 736 g/mol. The summed E-state index contributed by atoms with van der Waals surface area (Å²) in [7, 11) is 1.45. The number of cyclic esters (lactones) is 1. The van der Waals surface area contributed by atoms with E-state index in [1.165, 1.54) is 28.4 Å². The van der Waals surface area contributed by atoms with Crippen LogP contribution in [0.4, 0.5) is 0 Å². The quantitative estimate of drug-likeness (QED) is 0.0778. The molecule has 4 aromatic rings. The third kappa shape index (κ3) is 9.44. The van der Waals surface area contributed by atoms with Crippen LogP contribution >= 0.6 is 7.82 Å². The molecule has 1 heterocycles. The predicted molar refractivity (Wildman–Crippen MR) is 188 cm³/mol. The summed E-state index contributed by atoms with van der Waals surface area (Å²) < 4.78 is 71.8. The molecule has 0 amide bonds. The van der Waals surface area contributed by atoms with Crippen molar-refractivity contribution in [3.8, 4) is 23.0 Å². The average molecular weight is 737 g/mol. The molecule has 0 radical (unpaired) electrons. The highest BCUT2D eigenvalue weighted by Crippen LogP contribution is 2.54. The van der Waals surface area contributed by atoms with Gasteiger partial charge in [-0.3, -0.25) is 13.6 Å². The molecule has 0 aliphatic carbocycles. The van der Waals surface area contributed by atoms with Gasteiger partial charge in [-0.05, 0) is 24.3 Å². The summed E-state index contributed by atoms with van der Waals surface area (Å²) in [6.45, 7) is -1.47. The molecular weight excluding hydrogens is 695 g/mol. The largest absolute Gasteiger partial charge is 0.496 e. The van der Waals surface area contributed by atoms with Crippen molar-refractivity contribution in [3.05, 3.63) is 131 Å². The number of carbonyl (C=O) groups is 1. The topological polar surface area (TPSA) is 147 Å². The van der Waals surface area contributed by atoms with Gasteiger partial charge in [-0.15, -0.1) is 0 Å². The van der Waals surface area contributed by atoms with Gasteiger partial charge in [0.15, 0.2) is 11.9 Å². The maximum absolute atomic E-state index is 14.5. The summed E-state index contributed by atoms with van der Waals surface area (Å²) >= 11 is 0. The summed E-state index contributed by atoms with van der Waals surface area (Å²) in [5.41, 5.74) is 2.39. The zero-order valence-corrected chi connectivity index (χ0v) is 30.1. The Morgan fingerprint density at radius 1 is 0.615 bits per heavy atom. The van der Waals surface area contributed by atoms with Gasteiger partial charge >= 0.3 is 13.8 Å². The fourth-order valence-corrected chi connectivity index (χ4v) is 6.61. The van der Waals surface area contributed by atoms with Gasteiger partial charge in [0, 0.05) is 22.3 Å². The number of aliphatic hydroxyl groups is 1. The van der Waals surface area contributed by atoms with Crippen molar-refractivity contribution in [1.29, 1.82) is 0 Å². The van der Waals surface area contributed by atoms with Crippen molar-refractivity contribution in [2.24, 2.45) is 0 Å².